The number of hydrogen-bond donors (Lipinski definition) is 1. The molecule has 0 bridgehead atoms. The first kappa shape index (κ1) is 18.2. The monoisotopic (exact) mass is 391 g/mol. The number of nitrogens with zero attached hydrogens (tertiary/aromatic N) is 2. The second kappa shape index (κ2) is 8.17. The van der Waals surface area contributed by atoms with Gasteiger partial charge in [-0.1, -0.05) is 49.3 Å². The number of hydrogen-bond acceptors (Lipinski definition) is 5. The van der Waals surface area contributed by atoms with Gasteiger partial charge in [-0.25, -0.2) is 9.97 Å². The Hall–Kier alpha value is -1.63. The quantitative estimate of drug-likeness (QED) is 0.480. The molecule has 0 aliphatic heterocycles. The Bertz CT molecular complexity index is 878. The molecule has 4 nitrogen and oxygen atoms in total. The fourth-order valence-corrected chi connectivity index (χ4v) is 4.25. The van der Waals surface area contributed by atoms with Crippen LogP contribution in [0.4, 0.5) is 0 Å². The zero-order valence-corrected chi connectivity index (χ0v) is 16.3. The van der Waals surface area contributed by atoms with Gasteiger partial charge in [-0.15, -0.1) is 11.3 Å². The Morgan fingerprint density at radius 3 is 2.76 bits per heavy atom. The van der Waals surface area contributed by atoms with E-state index >= 15 is 0 Å². The highest BCUT2D eigenvalue weighted by Gasteiger charge is 2.14. The molecule has 3 aromatic rings. The lowest BCUT2D eigenvalue weighted by Crippen LogP contribution is -2.28. The lowest BCUT2D eigenvalue weighted by molar-refractivity contribution is -0.118. The number of benzene rings is 1. The second-order valence-electron chi connectivity index (χ2n) is 6.00. The Balaban J connectivity index is 1.85. The molecule has 0 spiro atoms. The maximum absolute atomic E-state index is 12.0. The molecule has 130 valence electrons. The third kappa shape index (κ3) is 4.51. The van der Waals surface area contributed by atoms with E-state index < -0.39 is 0 Å². The Kier molecular flexibility index (Phi) is 5.93. The maximum atomic E-state index is 12.0. The predicted molar refractivity (Wildman–Crippen MR) is 106 cm³/mol. The van der Waals surface area contributed by atoms with E-state index in [1.165, 1.54) is 11.8 Å². The van der Waals surface area contributed by atoms with Crippen LogP contribution in [0.25, 0.3) is 21.3 Å². The van der Waals surface area contributed by atoms with Crippen molar-refractivity contribution in [3.05, 3.63) is 41.0 Å². The summed E-state index contributed by atoms with van der Waals surface area (Å²) in [5, 5.41) is 7.54. The zero-order valence-electron chi connectivity index (χ0n) is 14.0. The number of aromatic nitrogens is 2. The maximum Gasteiger partial charge on any atom is 0.230 e. The normalized spacial score (nSPS) is 11.2. The van der Waals surface area contributed by atoms with E-state index in [-0.39, 0.29) is 5.91 Å². The van der Waals surface area contributed by atoms with E-state index in [4.69, 9.17) is 11.6 Å². The van der Waals surface area contributed by atoms with Crippen molar-refractivity contribution in [1.29, 1.82) is 0 Å². The summed E-state index contributed by atoms with van der Waals surface area (Å²) in [6, 6.07) is 7.72. The molecule has 1 N–H and O–H groups in total. The summed E-state index contributed by atoms with van der Waals surface area (Å²) < 4.78 is 0. The number of amides is 1. The molecule has 2 heterocycles. The van der Waals surface area contributed by atoms with Gasteiger partial charge < -0.3 is 5.32 Å². The molecule has 0 radical (unpaired) electrons. The molecule has 0 aliphatic carbocycles. The molecule has 1 aromatic carbocycles. The number of thioether (sulfide) groups is 1. The number of thiophene rings is 1. The van der Waals surface area contributed by atoms with Crippen molar-refractivity contribution < 1.29 is 4.79 Å². The van der Waals surface area contributed by atoms with Gasteiger partial charge in [0, 0.05) is 22.5 Å². The SMILES string of the molecule is CC(C)CNC(=O)CSc1ncnc2scc(-c3ccc(Cl)cc3)c12. The number of halogens is 1. The van der Waals surface area contributed by atoms with Crippen LogP contribution in [0.1, 0.15) is 13.8 Å². The Morgan fingerprint density at radius 2 is 2.04 bits per heavy atom. The van der Waals surface area contributed by atoms with Crippen molar-refractivity contribution in [3.63, 3.8) is 0 Å². The van der Waals surface area contributed by atoms with Gasteiger partial charge in [0.25, 0.3) is 0 Å². The van der Waals surface area contributed by atoms with Crippen LogP contribution in [0, 0.1) is 5.92 Å². The minimum Gasteiger partial charge on any atom is -0.355 e. The lowest BCUT2D eigenvalue weighted by atomic mass is 10.1. The molecule has 1 amide bonds. The summed E-state index contributed by atoms with van der Waals surface area (Å²) in [6.07, 6.45) is 1.55. The highest BCUT2D eigenvalue weighted by Crippen LogP contribution is 2.38. The number of fused-ring (bicyclic) bond motifs is 1. The number of rotatable bonds is 6. The van der Waals surface area contributed by atoms with Crippen molar-refractivity contribution in [1.82, 2.24) is 15.3 Å². The topological polar surface area (TPSA) is 54.9 Å². The summed E-state index contributed by atoms with van der Waals surface area (Å²) in [7, 11) is 0. The van der Waals surface area contributed by atoms with Gasteiger partial charge in [0.15, 0.2) is 0 Å². The fraction of sp³-hybridized carbons (Fsp3) is 0.278. The highest BCUT2D eigenvalue weighted by atomic mass is 35.5. The van der Waals surface area contributed by atoms with E-state index in [1.54, 1.807) is 17.7 Å². The first-order chi connectivity index (χ1) is 12.0. The summed E-state index contributed by atoms with van der Waals surface area (Å²) in [4.78, 5) is 21.7. The Labute approximate surface area is 160 Å². The first-order valence-electron chi connectivity index (χ1n) is 7.92. The fourth-order valence-electron chi connectivity index (χ4n) is 2.30. The van der Waals surface area contributed by atoms with Crippen LogP contribution in [0.2, 0.25) is 5.02 Å². The largest absolute Gasteiger partial charge is 0.355 e. The lowest BCUT2D eigenvalue weighted by Gasteiger charge is -2.08. The second-order valence-corrected chi connectivity index (χ2v) is 8.26. The van der Waals surface area contributed by atoms with Gasteiger partial charge in [-0.05, 0) is 23.6 Å². The van der Waals surface area contributed by atoms with Gasteiger partial charge in [0.1, 0.15) is 16.2 Å². The number of nitrogens with one attached hydrogen (secondary N) is 1. The molecular formula is C18H18ClN3OS2. The predicted octanol–water partition coefficient (Wildman–Crippen LogP) is 4.88. The molecule has 25 heavy (non-hydrogen) atoms. The van der Waals surface area contributed by atoms with Crippen molar-refractivity contribution >= 4 is 50.8 Å². The van der Waals surface area contributed by atoms with Gasteiger partial charge in [-0.2, -0.15) is 0 Å². The van der Waals surface area contributed by atoms with Crippen molar-refractivity contribution in [3.8, 4) is 11.1 Å². The van der Waals surface area contributed by atoms with Crippen LogP contribution in [-0.2, 0) is 4.79 Å². The molecule has 3 rings (SSSR count). The van der Waals surface area contributed by atoms with E-state index in [2.05, 4.69) is 34.5 Å². The van der Waals surface area contributed by atoms with E-state index in [0.29, 0.717) is 23.2 Å². The summed E-state index contributed by atoms with van der Waals surface area (Å²) >= 11 is 9.01. The highest BCUT2D eigenvalue weighted by molar-refractivity contribution is 8.00. The smallest absolute Gasteiger partial charge is 0.230 e. The van der Waals surface area contributed by atoms with Crippen LogP contribution in [0.5, 0.6) is 0 Å². The van der Waals surface area contributed by atoms with E-state index in [9.17, 15) is 4.79 Å². The molecular weight excluding hydrogens is 374 g/mol. The van der Waals surface area contributed by atoms with Crippen molar-refractivity contribution in [2.45, 2.75) is 18.9 Å². The molecule has 0 saturated carbocycles. The number of carbonyl (C=O) groups excluding carboxylic acids is 1. The summed E-state index contributed by atoms with van der Waals surface area (Å²) in [5.74, 6) is 0.802. The van der Waals surface area contributed by atoms with Gasteiger partial charge in [0.2, 0.25) is 5.91 Å². The van der Waals surface area contributed by atoms with Crippen LogP contribution < -0.4 is 5.32 Å². The molecule has 2 aromatic heterocycles. The van der Waals surface area contributed by atoms with E-state index in [1.807, 2.05) is 24.3 Å². The summed E-state index contributed by atoms with van der Waals surface area (Å²) in [6.45, 7) is 4.84. The average molecular weight is 392 g/mol. The molecule has 0 atom stereocenters. The van der Waals surface area contributed by atoms with Gasteiger partial charge >= 0.3 is 0 Å². The van der Waals surface area contributed by atoms with Crippen molar-refractivity contribution in [2.75, 3.05) is 12.3 Å². The molecule has 0 saturated heterocycles. The molecule has 0 aliphatic rings. The zero-order chi connectivity index (χ0) is 17.8. The van der Waals surface area contributed by atoms with Gasteiger partial charge in [-0.3, -0.25) is 4.79 Å². The third-order valence-corrected chi connectivity index (χ3v) is 5.67. The molecule has 0 fully saturated rings. The molecule has 0 unspecified atom stereocenters. The van der Waals surface area contributed by atoms with Gasteiger partial charge in [0.05, 0.1) is 11.1 Å². The average Bonchev–Trinajstić information content (AvgIpc) is 3.03. The van der Waals surface area contributed by atoms with Crippen LogP contribution in [0.15, 0.2) is 41.0 Å². The summed E-state index contributed by atoms with van der Waals surface area (Å²) in [5.41, 5.74) is 2.14. The van der Waals surface area contributed by atoms with Crippen molar-refractivity contribution in [2.24, 2.45) is 5.92 Å². The minimum atomic E-state index is 0.0220. The Morgan fingerprint density at radius 1 is 1.28 bits per heavy atom. The van der Waals surface area contributed by atoms with Crippen LogP contribution >= 0.6 is 34.7 Å². The number of carbonyl (C=O) groups is 1. The van der Waals surface area contributed by atoms with E-state index in [0.717, 1.165) is 26.4 Å². The van der Waals surface area contributed by atoms with Crippen LogP contribution in [0.3, 0.4) is 0 Å². The first-order valence-corrected chi connectivity index (χ1v) is 10.2. The standard InChI is InChI=1S/C18H18ClN3OS2/c1-11(2)7-20-15(23)9-25-18-16-14(8-24-17(16)21-10-22-18)12-3-5-13(19)6-4-12/h3-6,8,10-11H,7,9H2,1-2H3,(H,20,23). The minimum absolute atomic E-state index is 0.0220. The molecule has 7 heteroatoms. The third-order valence-electron chi connectivity index (χ3n) is 3.54. The van der Waals surface area contributed by atoms with Crippen LogP contribution in [-0.4, -0.2) is 28.2 Å².